The predicted octanol–water partition coefficient (Wildman–Crippen LogP) is 13.3. The summed E-state index contributed by atoms with van der Waals surface area (Å²) >= 11 is 12.7. The van der Waals surface area contributed by atoms with E-state index in [4.69, 9.17) is 29.4 Å². The maximum absolute atomic E-state index is 13.6. The molecule has 0 unspecified atom stereocenters. The number of carbonyl (C=O) groups excluding carboxylic acids is 2. The number of nitrogens with zero attached hydrogens (tertiary/aromatic N) is 4. The van der Waals surface area contributed by atoms with Gasteiger partial charge in [0.25, 0.3) is 0 Å². The van der Waals surface area contributed by atoms with Gasteiger partial charge in [0.2, 0.25) is 0 Å². The van der Waals surface area contributed by atoms with Gasteiger partial charge in [-0.1, -0.05) is 73.0 Å². The van der Waals surface area contributed by atoms with Crippen LogP contribution in [0.1, 0.15) is 69.3 Å². The number of aryl methyl sites for hydroxylation is 4. The molecule has 0 spiro atoms. The van der Waals surface area contributed by atoms with Gasteiger partial charge in [-0.2, -0.15) is 0 Å². The molecule has 0 amide bonds. The number of hydrogen-bond acceptors (Lipinski definition) is 16. The smallest absolute Gasteiger partial charge is 0.339 e. The van der Waals surface area contributed by atoms with Crippen molar-refractivity contribution in [1.29, 1.82) is 0 Å². The highest BCUT2D eigenvalue weighted by Gasteiger charge is 2.27. The molecule has 0 aromatic carbocycles. The van der Waals surface area contributed by atoms with E-state index in [1.54, 1.807) is 56.7 Å². The second-order valence-corrected chi connectivity index (χ2v) is 22.3. The van der Waals surface area contributed by atoms with E-state index in [-0.39, 0.29) is 23.8 Å². The highest BCUT2D eigenvalue weighted by Crippen LogP contribution is 2.49. The minimum Gasteiger partial charge on any atom is -0.462 e. The molecule has 0 fully saturated rings. The van der Waals surface area contributed by atoms with E-state index in [1.807, 2.05) is 46.8 Å². The number of fused-ring (bicyclic) bond motifs is 2. The standard InChI is InChI=1S/C38H34N4O4S8/c1-15(2)13-45-37(43)21-11-20(8)48-27(21)31-41-35-36(53-31)42-32(54-35)28-22(38(44)46-14-16(3)4)12-24(50-28)23-10-18(6)26(49-23)30-40-34-33(52-30)39-29(51-34)25-17(5)9-19(7)47-25/h9-12,15-16H,13-14H2,1-8H3. The summed E-state index contributed by atoms with van der Waals surface area (Å²) in [5.41, 5.74) is 3.41. The van der Waals surface area contributed by atoms with Crippen molar-refractivity contribution in [2.75, 3.05) is 13.2 Å². The van der Waals surface area contributed by atoms with Crippen LogP contribution in [0.4, 0.5) is 0 Å². The van der Waals surface area contributed by atoms with Crippen molar-refractivity contribution < 1.29 is 19.1 Å². The van der Waals surface area contributed by atoms with E-state index in [0.29, 0.717) is 29.3 Å². The van der Waals surface area contributed by atoms with Crippen LogP contribution >= 0.6 is 90.7 Å². The van der Waals surface area contributed by atoms with Gasteiger partial charge in [0.1, 0.15) is 20.0 Å². The van der Waals surface area contributed by atoms with Crippen molar-refractivity contribution in [3.8, 4) is 49.3 Å². The number of hydrogen-bond donors (Lipinski definition) is 0. The summed E-state index contributed by atoms with van der Waals surface area (Å²) < 4.78 is 11.3. The van der Waals surface area contributed by atoms with Crippen molar-refractivity contribution in [1.82, 2.24) is 19.9 Å². The van der Waals surface area contributed by atoms with Gasteiger partial charge in [-0.05, 0) is 74.9 Å². The molecule has 0 N–H and O–H groups in total. The summed E-state index contributed by atoms with van der Waals surface area (Å²) in [5.74, 6) is -0.249. The molecule has 8 nitrogen and oxygen atoms in total. The number of ether oxygens (including phenoxy) is 2. The monoisotopic (exact) mass is 866 g/mol. The van der Waals surface area contributed by atoms with Gasteiger partial charge in [0.15, 0.2) is 19.3 Å². The molecule has 0 aliphatic carbocycles. The quantitative estimate of drug-likeness (QED) is 0.118. The maximum atomic E-state index is 13.6. The fourth-order valence-electron chi connectivity index (χ4n) is 5.63. The number of aromatic nitrogens is 4. The Morgan fingerprint density at radius 2 is 0.870 bits per heavy atom. The minimum atomic E-state index is -0.362. The largest absolute Gasteiger partial charge is 0.462 e. The summed E-state index contributed by atoms with van der Waals surface area (Å²) in [4.78, 5) is 58.1. The minimum absolute atomic E-state index is 0.205. The number of esters is 2. The molecule has 0 aliphatic heterocycles. The van der Waals surface area contributed by atoms with Crippen LogP contribution < -0.4 is 0 Å². The van der Waals surface area contributed by atoms with Gasteiger partial charge >= 0.3 is 11.9 Å². The Morgan fingerprint density at radius 1 is 0.500 bits per heavy atom. The molecule has 0 saturated heterocycles. The molecular formula is C38H34N4O4S8. The van der Waals surface area contributed by atoms with E-state index in [1.165, 1.54) is 49.3 Å². The lowest BCUT2D eigenvalue weighted by Gasteiger charge is -2.07. The molecule has 0 atom stereocenters. The lowest BCUT2D eigenvalue weighted by molar-refractivity contribution is 0.0452. The molecule has 54 heavy (non-hydrogen) atoms. The third-order valence-electron chi connectivity index (χ3n) is 8.05. The van der Waals surface area contributed by atoms with E-state index >= 15 is 0 Å². The average Bonchev–Trinajstić information content (AvgIpc) is 3.95. The Kier molecular flexibility index (Phi) is 10.5. The van der Waals surface area contributed by atoms with Crippen molar-refractivity contribution in [2.45, 2.75) is 55.4 Å². The average molecular weight is 867 g/mol. The summed E-state index contributed by atoms with van der Waals surface area (Å²) in [5, 5.41) is 3.43. The topological polar surface area (TPSA) is 104 Å². The first kappa shape index (κ1) is 37.7. The zero-order valence-electron chi connectivity index (χ0n) is 30.6. The molecule has 16 heteroatoms. The second-order valence-electron chi connectivity index (χ2n) is 13.7. The first-order valence-electron chi connectivity index (χ1n) is 17.1. The fraction of sp³-hybridized carbons (Fsp3) is 0.316. The highest BCUT2D eigenvalue weighted by atomic mass is 32.1. The highest BCUT2D eigenvalue weighted by molar-refractivity contribution is 7.34. The van der Waals surface area contributed by atoms with Crippen LogP contribution in [-0.2, 0) is 9.47 Å². The number of rotatable bonds is 11. The predicted molar refractivity (Wildman–Crippen MR) is 232 cm³/mol. The molecular weight excluding hydrogens is 833 g/mol. The van der Waals surface area contributed by atoms with Gasteiger partial charge in [-0.15, -0.1) is 45.3 Å². The third-order valence-corrected chi connectivity index (χ3v) is 17.5. The van der Waals surface area contributed by atoms with E-state index in [2.05, 4.69) is 32.9 Å². The number of thiophene rings is 4. The Hall–Kier alpha value is -3.22. The van der Waals surface area contributed by atoms with Crippen molar-refractivity contribution in [3.05, 3.63) is 56.3 Å². The van der Waals surface area contributed by atoms with Crippen molar-refractivity contribution in [3.63, 3.8) is 0 Å². The number of thiazole rings is 4. The molecule has 0 saturated carbocycles. The maximum Gasteiger partial charge on any atom is 0.339 e. The van der Waals surface area contributed by atoms with Crippen LogP contribution in [0, 0.1) is 39.5 Å². The lowest BCUT2D eigenvalue weighted by atomic mass is 10.2. The summed E-state index contributed by atoms with van der Waals surface area (Å²) in [6, 6.07) is 8.19. The second kappa shape index (κ2) is 15.0. The molecule has 8 aromatic rings. The van der Waals surface area contributed by atoms with Crippen molar-refractivity contribution in [2.24, 2.45) is 11.8 Å². The Labute approximate surface area is 344 Å². The van der Waals surface area contributed by atoms with Crippen LogP contribution in [0.15, 0.2) is 24.3 Å². The lowest BCUT2D eigenvalue weighted by Crippen LogP contribution is -2.10. The zero-order chi connectivity index (χ0) is 38.0. The fourth-order valence-corrected chi connectivity index (χ4v) is 14.6. The first-order chi connectivity index (χ1) is 25.8. The normalized spacial score (nSPS) is 12.0. The van der Waals surface area contributed by atoms with Gasteiger partial charge in [-0.25, -0.2) is 29.5 Å². The molecule has 0 bridgehead atoms. The third kappa shape index (κ3) is 7.39. The van der Waals surface area contributed by atoms with Crippen LogP contribution in [0.5, 0.6) is 0 Å². The first-order valence-corrected chi connectivity index (χ1v) is 23.7. The summed E-state index contributed by atoms with van der Waals surface area (Å²) in [7, 11) is 0. The van der Waals surface area contributed by atoms with Crippen LogP contribution in [0.3, 0.4) is 0 Å². The SMILES string of the molecule is Cc1cc(C)c(-c2nc3sc(-c4sc(-c5cc(C(=O)OCC(C)C)c(-c6nc7sc(-c8sc(C)cc8C(=O)OCC(C)C)nc7s6)s5)cc4C)nc3s2)s1. The Morgan fingerprint density at radius 3 is 1.35 bits per heavy atom. The Bertz CT molecular complexity index is 2630. The summed E-state index contributed by atoms with van der Waals surface area (Å²) in [6.07, 6.45) is 0. The summed E-state index contributed by atoms with van der Waals surface area (Å²) in [6.45, 7) is 17.1. The van der Waals surface area contributed by atoms with Crippen molar-refractivity contribution >= 4 is 122 Å². The number of carbonyl (C=O) groups is 2. The van der Waals surface area contributed by atoms with Gasteiger partial charge in [-0.3, -0.25) is 0 Å². The molecule has 278 valence electrons. The molecule has 8 rings (SSSR count). The van der Waals surface area contributed by atoms with E-state index in [0.717, 1.165) is 69.2 Å². The molecule has 8 aromatic heterocycles. The Balaban J connectivity index is 1.12. The molecule has 0 radical (unpaired) electrons. The van der Waals surface area contributed by atoms with Crippen LogP contribution in [0.25, 0.3) is 68.6 Å². The molecule has 8 heterocycles. The molecule has 0 aliphatic rings. The van der Waals surface area contributed by atoms with Gasteiger partial charge in [0.05, 0.1) is 43.8 Å². The zero-order valence-corrected chi connectivity index (χ0v) is 37.1. The van der Waals surface area contributed by atoms with Gasteiger partial charge < -0.3 is 9.47 Å². The van der Waals surface area contributed by atoms with E-state index < -0.39 is 0 Å². The van der Waals surface area contributed by atoms with Crippen LogP contribution in [-0.4, -0.2) is 45.1 Å². The van der Waals surface area contributed by atoms with Gasteiger partial charge in [0, 0.05) is 19.5 Å². The van der Waals surface area contributed by atoms with E-state index in [9.17, 15) is 9.59 Å². The van der Waals surface area contributed by atoms with Crippen LogP contribution in [0.2, 0.25) is 0 Å².